The van der Waals surface area contributed by atoms with E-state index in [4.69, 9.17) is 5.73 Å². The van der Waals surface area contributed by atoms with E-state index in [2.05, 4.69) is 5.32 Å². The minimum atomic E-state index is -1.15. The number of hydrogen-bond acceptors (Lipinski definition) is 3. The normalized spacial score (nSPS) is 14.5. The molecular weight excluding hydrogens is 132 g/mol. The summed E-state index contributed by atoms with van der Waals surface area (Å²) in [6.45, 7) is 2.99. The maximum Gasteiger partial charge on any atom is 0.239 e. The molecule has 10 heavy (non-hydrogen) atoms. The lowest BCUT2D eigenvalue weighted by molar-refractivity contribution is -0.126. The second kappa shape index (κ2) is 2.98. The zero-order valence-electron chi connectivity index (χ0n) is 6.51. The molecule has 4 heteroatoms. The molecule has 60 valence electrons. The van der Waals surface area contributed by atoms with E-state index in [1.54, 1.807) is 0 Å². The fraction of sp³-hybridized carbons (Fsp3) is 0.833. The standard InChI is InChI=1S/C6H14N2O2/c1-6(2,10)4(7)5(9)8-3/h4,10H,7H2,1-3H3,(H,8,9)/t4-/m1/s1. The fourth-order valence-corrected chi connectivity index (χ4v) is 0.476. The number of likely N-dealkylation sites (N-methyl/N-ethyl adjacent to an activating group) is 1. The molecule has 0 unspecified atom stereocenters. The second-order valence-electron chi connectivity index (χ2n) is 2.75. The van der Waals surface area contributed by atoms with Gasteiger partial charge in [-0.05, 0) is 13.8 Å². The highest BCUT2D eigenvalue weighted by Gasteiger charge is 2.28. The van der Waals surface area contributed by atoms with Crippen molar-refractivity contribution in [3.05, 3.63) is 0 Å². The molecule has 0 spiro atoms. The molecule has 0 aromatic rings. The van der Waals surface area contributed by atoms with Crippen molar-refractivity contribution in [2.45, 2.75) is 25.5 Å². The Kier molecular flexibility index (Phi) is 2.80. The topological polar surface area (TPSA) is 75.4 Å². The summed E-state index contributed by atoms with van der Waals surface area (Å²) in [4.78, 5) is 10.8. The molecule has 1 amide bonds. The van der Waals surface area contributed by atoms with E-state index in [9.17, 15) is 9.90 Å². The molecular formula is C6H14N2O2. The maximum atomic E-state index is 10.8. The molecule has 0 aromatic carbocycles. The van der Waals surface area contributed by atoms with E-state index in [-0.39, 0.29) is 5.91 Å². The molecule has 0 bridgehead atoms. The summed E-state index contributed by atoms with van der Waals surface area (Å²) in [5.41, 5.74) is 4.19. The molecule has 0 radical (unpaired) electrons. The van der Waals surface area contributed by atoms with Crippen LogP contribution in [0, 0.1) is 0 Å². The highest BCUT2D eigenvalue weighted by atomic mass is 16.3. The van der Waals surface area contributed by atoms with Gasteiger partial charge in [-0.3, -0.25) is 4.79 Å². The van der Waals surface area contributed by atoms with Crippen molar-refractivity contribution in [2.24, 2.45) is 5.73 Å². The van der Waals surface area contributed by atoms with Crippen LogP contribution in [0.2, 0.25) is 0 Å². The van der Waals surface area contributed by atoms with Crippen molar-refractivity contribution < 1.29 is 9.90 Å². The quantitative estimate of drug-likeness (QED) is 0.459. The van der Waals surface area contributed by atoms with Crippen molar-refractivity contribution >= 4 is 5.91 Å². The van der Waals surface area contributed by atoms with Crippen LogP contribution in [0.3, 0.4) is 0 Å². The van der Waals surface area contributed by atoms with E-state index in [0.717, 1.165) is 0 Å². The zero-order valence-corrected chi connectivity index (χ0v) is 6.51. The van der Waals surface area contributed by atoms with Gasteiger partial charge < -0.3 is 16.2 Å². The van der Waals surface area contributed by atoms with E-state index < -0.39 is 11.6 Å². The van der Waals surface area contributed by atoms with Gasteiger partial charge in [0.2, 0.25) is 5.91 Å². The summed E-state index contributed by atoms with van der Waals surface area (Å²) in [5, 5.41) is 11.5. The van der Waals surface area contributed by atoms with E-state index >= 15 is 0 Å². The molecule has 0 aliphatic heterocycles. The largest absolute Gasteiger partial charge is 0.388 e. The lowest BCUT2D eigenvalue weighted by Gasteiger charge is -2.23. The average molecular weight is 146 g/mol. The maximum absolute atomic E-state index is 10.8. The number of carbonyl (C=O) groups is 1. The van der Waals surface area contributed by atoms with Crippen molar-refractivity contribution in [3.8, 4) is 0 Å². The van der Waals surface area contributed by atoms with Gasteiger partial charge in [0.05, 0.1) is 5.60 Å². The lowest BCUT2D eigenvalue weighted by atomic mass is 9.99. The van der Waals surface area contributed by atoms with Gasteiger partial charge in [-0.25, -0.2) is 0 Å². The summed E-state index contributed by atoms with van der Waals surface area (Å²) in [6, 6.07) is -0.863. The third-order valence-corrected chi connectivity index (χ3v) is 1.29. The van der Waals surface area contributed by atoms with E-state index in [1.807, 2.05) is 0 Å². The molecule has 1 atom stereocenters. The van der Waals surface area contributed by atoms with E-state index in [1.165, 1.54) is 20.9 Å². The Hall–Kier alpha value is -0.610. The number of amides is 1. The monoisotopic (exact) mass is 146 g/mol. The molecule has 4 N–H and O–H groups in total. The number of carbonyl (C=O) groups excluding carboxylic acids is 1. The molecule has 0 rings (SSSR count). The van der Waals surface area contributed by atoms with Gasteiger partial charge in [0.15, 0.2) is 0 Å². The molecule has 4 nitrogen and oxygen atoms in total. The first-order chi connectivity index (χ1) is 4.39. The molecule has 0 aromatic heterocycles. The van der Waals surface area contributed by atoms with Gasteiger partial charge in [-0.2, -0.15) is 0 Å². The Morgan fingerprint density at radius 1 is 1.70 bits per heavy atom. The number of nitrogens with one attached hydrogen (secondary N) is 1. The second-order valence-corrected chi connectivity index (χ2v) is 2.75. The zero-order chi connectivity index (χ0) is 8.36. The molecule has 0 saturated carbocycles. The van der Waals surface area contributed by atoms with Crippen LogP contribution in [-0.4, -0.2) is 29.7 Å². The SMILES string of the molecule is CNC(=O)[C@@H](N)C(C)(C)O. The highest BCUT2D eigenvalue weighted by molar-refractivity contribution is 5.82. The van der Waals surface area contributed by atoms with Crippen molar-refractivity contribution in [3.63, 3.8) is 0 Å². The summed E-state index contributed by atoms with van der Waals surface area (Å²) in [5.74, 6) is -0.354. The minimum absolute atomic E-state index is 0.354. The average Bonchev–Trinajstić information content (AvgIpc) is 1.83. The third kappa shape index (κ3) is 2.33. The summed E-state index contributed by atoms with van der Waals surface area (Å²) in [7, 11) is 1.48. The Morgan fingerprint density at radius 3 is 2.20 bits per heavy atom. The summed E-state index contributed by atoms with van der Waals surface area (Å²) < 4.78 is 0. The van der Waals surface area contributed by atoms with Crippen molar-refractivity contribution in [1.29, 1.82) is 0 Å². The van der Waals surface area contributed by atoms with Crippen LogP contribution in [0.4, 0.5) is 0 Å². The van der Waals surface area contributed by atoms with Crippen LogP contribution in [0.5, 0.6) is 0 Å². The highest BCUT2D eigenvalue weighted by Crippen LogP contribution is 2.04. The molecule has 0 aliphatic carbocycles. The number of rotatable bonds is 2. The molecule has 0 saturated heterocycles. The first kappa shape index (κ1) is 9.39. The van der Waals surface area contributed by atoms with Crippen molar-refractivity contribution in [2.75, 3.05) is 7.05 Å². The summed E-state index contributed by atoms with van der Waals surface area (Å²) in [6.07, 6.45) is 0. The smallest absolute Gasteiger partial charge is 0.239 e. The molecule has 0 fully saturated rings. The first-order valence-electron chi connectivity index (χ1n) is 3.09. The Morgan fingerprint density at radius 2 is 2.10 bits per heavy atom. The van der Waals surface area contributed by atoms with Gasteiger partial charge in [-0.1, -0.05) is 0 Å². The van der Waals surface area contributed by atoms with Gasteiger partial charge in [0, 0.05) is 7.05 Å². The summed E-state index contributed by atoms with van der Waals surface area (Å²) >= 11 is 0. The third-order valence-electron chi connectivity index (χ3n) is 1.29. The number of hydrogen-bond donors (Lipinski definition) is 3. The van der Waals surface area contributed by atoms with Crippen LogP contribution >= 0.6 is 0 Å². The predicted molar refractivity (Wildman–Crippen MR) is 38.3 cm³/mol. The molecule has 0 aliphatic rings. The predicted octanol–water partition coefficient (Wildman–Crippen LogP) is -1.17. The Balaban J connectivity index is 4.08. The number of nitrogens with two attached hydrogens (primary N) is 1. The lowest BCUT2D eigenvalue weighted by Crippen LogP contribution is -2.52. The van der Waals surface area contributed by atoms with Crippen LogP contribution < -0.4 is 11.1 Å². The van der Waals surface area contributed by atoms with Crippen LogP contribution in [0.1, 0.15) is 13.8 Å². The van der Waals surface area contributed by atoms with Gasteiger partial charge in [0.1, 0.15) is 6.04 Å². The fourth-order valence-electron chi connectivity index (χ4n) is 0.476. The van der Waals surface area contributed by atoms with Crippen LogP contribution in [-0.2, 0) is 4.79 Å². The first-order valence-corrected chi connectivity index (χ1v) is 3.09. The van der Waals surface area contributed by atoms with E-state index in [0.29, 0.717) is 0 Å². The van der Waals surface area contributed by atoms with Gasteiger partial charge in [-0.15, -0.1) is 0 Å². The van der Waals surface area contributed by atoms with Crippen LogP contribution in [0.25, 0.3) is 0 Å². The molecule has 0 heterocycles. The Bertz CT molecular complexity index is 128. The van der Waals surface area contributed by atoms with Gasteiger partial charge >= 0.3 is 0 Å². The number of aliphatic hydroxyl groups is 1. The minimum Gasteiger partial charge on any atom is -0.388 e. The Labute approximate surface area is 60.4 Å². The van der Waals surface area contributed by atoms with Gasteiger partial charge in [0.25, 0.3) is 0 Å². The van der Waals surface area contributed by atoms with Crippen LogP contribution in [0.15, 0.2) is 0 Å². The van der Waals surface area contributed by atoms with Crippen molar-refractivity contribution in [1.82, 2.24) is 5.32 Å².